The molecule has 0 aliphatic carbocycles. The second-order valence-electron chi connectivity index (χ2n) is 4.46. The molecule has 0 amide bonds. The van der Waals surface area contributed by atoms with E-state index in [1.165, 1.54) is 19.3 Å². The van der Waals surface area contributed by atoms with Gasteiger partial charge in [-0.1, -0.05) is 6.92 Å². The summed E-state index contributed by atoms with van der Waals surface area (Å²) in [4.78, 5) is 6.42. The quantitative estimate of drug-likeness (QED) is 0.765. The Hall–Kier alpha value is -1.25. The summed E-state index contributed by atoms with van der Waals surface area (Å²) in [6.07, 6.45) is 7.43. The summed E-state index contributed by atoms with van der Waals surface area (Å²) in [6.45, 7) is 4.58. The van der Waals surface area contributed by atoms with Gasteiger partial charge < -0.3 is 10.6 Å². The fraction of sp³-hybridized carbons (Fsp3) is 0.583. The van der Waals surface area contributed by atoms with Crippen LogP contribution in [0.15, 0.2) is 18.5 Å². The molecule has 0 spiro atoms. The van der Waals surface area contributed by atoms with E-state index in [2.05, 4.69) is 16.8 Å². The summed E-state index contributed by atoms with van der Waals surface area (Å²) >= 11 is 0. The average molecular weight is 205 g/mol. The molecule has 2 heterocycles. The average Bonchev–Trinajstić information content (AvgIpc) is 2.44. The molecule has 0 bridgehead atoms. The van der Waals surface area contributed by atoms with Crippen molar-refractivity contribution >= 4 is 11.4 Å². The highest BCUT2D eigenvalue weighted by Crippen LogP contribution is 2.25. The first-order chi connectivity index (χ1) is 7.27. The Morgan fingerprint density at radius 2 is 2.27 bits per heavy atom. The van der Waals surface area contributed by atoms with Crippen molar-refractivity contribution in [3.63, 3.8) is 0 Å². The number of aromatic nitrogens is 1. The first kappa shape index (κ1) is 10.3. The number of rotatable bonds is 1. The van der Waals surface area contributed by atoms with E-state index in [0.29, 0.717) is 0 Å². The van der Waals surface area contributed by atoms with Gasteiger partial charge in [-0.3, -0.25) is 4.98 Å². The largest absolute Gasteiger partial charge is 0.396 e. The standard InChI is InChI=1S/C12H19N3/c1-10-3-2-7-15(8-5-10)12-4-6-14-9-11(12)13/h4,6,9-10H,2-3,5,7-8,13H2,1H3. The molecule has 82 valence electrons. The molecule has 1 saturated heterocycles. The van der Waals surface area contributed by atoms with Crippen LogP contribution in [0.2, 0.25) is 0 Å². The van der Waals surface area contributed by atoms with Gasteiger partial charge in [-0.05, 0) is 31.2 Å². The molecule has 1 aliphatic rings. The number of nitrogens with two attached hydrogens (primary N) is 1. The highest BCUT2D eigenvalue weighted by molar-refractivity contribution is 5.65. The minimum Gasteiger partial charge on any atom is -0.396 e. The van der Waals surface area contributed by atoms with Crippen molar-refractivity contribution in [2.45, 2.75) is 26.2 Å². The molecule has 0 aromatic carbocycles. The van der Waals surface area contributed by atoms with E-state index < -0.39 is 0 Å². The van der Waals surface area contributed by atoms with Crippen LogP contribution >= 0.6 is 0 Å². The zero-order valence-electron chi connectivity index (χ0n) is 9.32. The lowest BCUT2D eigenvalue weighted by molar-refractivity contribution is 0.521. The van der Waals surface area contributed by atoms with Gasteiger partial charge in [-0.2, -0.15) is 0 Å². The SMILES string of the molecule is CC1CCCN(c2ccncc2N)CC1. The molecule has 3 heteroatoms. The third-order valence-electron chi connectivity index (χ3n) is 3.19. The third-order valence-corrected chi connectivity index (χ3v) is 3.19. The van der Waals surface area contributed by atoms with Gasteiger partial charge in [-0.15, -0.1) is 0 Å². The number of hydrogen-bond donors (Lipinski definition) is 1. The Balaban J connectivity index is 2.13. The van der Waals surface area contributed by atoms with Gasteiger partial charge >= 0.3 is 0 Å². The van der Waals surface area contributed by atoms with E-state index in [-0.39, 0.29) is 0 Å². The minimum atomic E-state index is 0.798. The number of pyridine rings is 1. The lowest BCUT2D eigenvalue weighted by Crippen LogP contribution is -2.25. The van der Waals surface area contributed by atoms with Crippen molar-refractivity contribution in [2.75, 3.05) is 23.7 Å². The van der Waals surface area contributed by atoms with E-state index in [4.69, 9.17) is 5.73 Å². The maximum atomic E-state index is 5.93. The van der Waals surface area contributed by atoms with Crippen molar-refractivity contribution in [3.8, 4) is 0 Å². The van der Waals surface area contributed by atoms with Crippen LogP contribution < -0.4 is 10.6 Å². The summed E-state index contributed by atoms with van der Waals surface area (Å²) in [5, 5.41) is 0. The summed E-state index contributed by atoms with van der Waals surface area (Å²) in [5.74, 6) is 0.845. The Morgan fingerprint density at radius 1 is 1.40 bits per heavy atom. The maximum absolute atomic E-state index is 5.93. The second-order valence-corrected chi connectivity index (χ2v) is 4.46. The lowest BCUT2D eigenvalue weighted by atomic mass is 10.0. The van der Waals surface area contributed by atoms with Crippen molar-refractivity contribution in [1.82, 2.24) is 4.98 Å². The van der Waals surface area contributed by atoms with Crippen LogP contribution in [0.25, 0.3) is 0 Å². The van der Waals surface area contributed by atoms with E-state index in [1.807, 2.05) is 12.3 Å². The van der Waals surface area contributed by atoms with Gasteiger partial charge in [0.1, 0.15) is 0 Å². The normalized spacial score (nSPS) is 22.5. The lowest BCUT2D eigenvalue weighted by Gasteiger charge is -2.23. The van der Waals surface area contributed by atoms with Gasteiger partial charge in [0.15, 0.2) is 0 Å². The molecule has 1 aliphatic heterocycles. The molecule has 1 aromatic rings. The van der Waals surface area contributed by atoms with Gasteiger partial charge in [-0.25, -0.2) is 0 Å². The van der Waals surface area contributed by atoms with Crippen molar-refractivity contribution in [2.24, 2.45) is 5.92 Å². The molecule has 1 atom stereocenters. The van der Waals surface area contributed by atoms with Gasteiger partial charge in [0.05, 0.1) is 17.6 Å². The van der Waals surface area contributed by atoms with Crippen LogP contribution in [0.1, 0.15) is 26.2 Å². The molecule has 2 N–H and O–H groups in total. The highest BCUT2D eigenvalue weighted by atomic mass is 15.1. The third kappa shape index (κ3) is 2.41. The highest BCUT2D eigenvalue weighted by Gasteiger charge is 2.15. The van der Waals surface area contributed by atoms with Crippen LogP contribution in [0.3, 0.4) is 0 Å². The molecule has 15 heavy (non-hydrogen) atoms. The summed E-state index contributed by atoms with van der Waals surface area (Å²) in [7, 11) is 0. The Morgan fingerprint density at radius 3 is 3.07 bits per heavy atom. The molecule has 2 rings (SSSR count). The van der Waals surface area contributed by atoms with E-state index in [1.54, 1.807) is 6.20 Å². The Kier molecular flexibility index (Phi) is 3.09. The molecule has 0 saturated carbocycles. The first-order valence-electron chi connectivity index (χ1n) is 5.72. The van der Waals surface area contributed by atoms with Crippen LogP contribution in [0, 0.1) is 5.92 Å². The van der Waals surface area contributed by atoms with E-state index in [0.717, 1.165) is 30.4 Å². The number of nitrogens with zero attached hydrogens (tertiary/aromatic N) is 2. The van der Waals surface area contributed by atoms with Gasteiger partial charge in [0.2, 0.25) is 0 Å². The summed E-state index contributed by atoms with van der Waals surface area (Å²) < 4.78 is 0. The Bertz CT molecular complexity index is 324. The number of anilines is 2. The van der Waals surface area contributed by atoms with Gasteiger partial charge in [0, 0.05) is 19.3 Å². The van der Waals surface area contributed by atoms with Crippen LogP contribution in [-0.2, 0) is 0 Å². The Labute approximate surface area is 91.3 Å². The monoisotopic (exact) mass is 205 g/mol. The van der Waals surface area contributed by atoms with Crippen LogP contribution in [0.5, 0.6) is 0 Å². The minimum absolute atomic E-state index is 0.798. The fourth-order valence-electron chi connectivity index (χ4n) is 2.19. The topological polar surface area (TPSA) is 42.2 Å². The predicted molar refractivity (Wildman–Crippen MR) is 63.9 cm³/mol. The maximum Gasteiger partial charge on any atom is 0.0738 e. The van der Waals surface area contributed by atoms with Crippen LogP contribution in [0.4, 0.5) is 11.4 Å². The molecular weight excluding hydrogens is 186 g/mol. The molecule has 3 nitrogen and oxygen atoms in total. The molecule has 1 aromatic heterocycles. The van der Waals surface area contributed by atoms with E-state index in [9.17, 15) is 0 Å². The zero-order valence-corrected chi connectivity index (χ0v) is 9.32. The molecule has 0 radical (unpaired) electrons. The molecule has 1 unspecified atom stereocenters. The van der Waals surface area contributed by atoms with Crippen molar-refractivity contribution in [1.29, 1.82) is 0 Å². The smallest absolute Gasteiger partial charge is 0.0738 e. The summed E-state index contributed by atoms with van der Waals surface area (Å²) in [6, 6.07) is 2.02. The molecule has 1 fully saturated rings. The predicted octanol–water partition coefficient (Wildman–Crippen LogP) is 2.29. The van der Waals surface area contributed by atoms with Crippen molar-refractivity contribution in [3.05, 3.63) is 18.5 Å². The van der Waals surface area contributed by atoms with Crippen LogP contribution in [-0.4, -0.2) is 18.1 Å². The second kappa shape index (κ2) is 4.51. The summed E-state index contributed by atoms with van der Waals surface area (Å²) in [5.41, 5.74) is 7.88. The fourth-order valence-corrected chi connectivity index (χ4v) is 2.19. The first-order valence-corrected chi connectivity index (χ1v) is 5.72. The molecular formula is C12H19N3. The van der Waals surface area contributed by atoms with Gasteiger partial charge in [0.25, 0.3) is 0 Å². The number of nitrogen functional groups attached to an aromatic ring is 1. The van der Waals surface area contributed by atoms with E-state index >= 15 is 0 Å². The zero-order chi connectivity index (χ0) is 10.7. The van der Waals surface area contributed by atoms with Crippen molar-refractivity contribution < 1.29 is 0 Å². The number of hydrogen-bond acceptors (Lipinski definition) is 3.